The summed E-state index contributed by atoms with van der Waals surface area (Å²) in [6.45, 7) is 0. The lowest BCUT2D eigenvalue weighted by molar-refractivity contribution is 0.663. The summed E-state index contributed by atoms with van der Waals surface area (Å²) in [5.41, 5.74) is 11.7. The molecule has 0 saturated heterocycles. The van der Waals surface area contributed by atoms with Crippen LogP contribution in [0.3, 0.4) is 0 Å². The summed E-state index contributed by atoms with van der Waals surface area (Å²) in [6, 6.07) is 63.2. The fourth-order valence-electron chi connectivity index (χ4n) is 8.75. The summed E-state index contributed by atoms with van der Waals surface area (Å²) in [4.78, 5) is 10.3. The molecular weight excluding hydrogens is 701 g/mol. The Morgan fingerprint density at radius 1 is 0.474 bits per heavy atom. The van der Waals surface area contributed by atoms with E-state index in [0.29, 0.717) is 5.84 Å². The standard InChI is InChI=1S/C51H32N4O2/c1-3-14-31(15-4-1)49-52-50(32-16-5-2-6-17-32)54-51(53-49)39-23-11-22-38-46-36(20-13-27-45(46)57-48(38)39)37-21-12-26-44-47(37)40-30-33(28-29-43(40)56-44)55-41-24-9-7-18-34(41)35-19-8-10-25-42(35)55/h1-30,49H,(H,52,53,54). The number of furan rings is 2. The molecule has 0 aliphatic carbocycles. The normalized spacial score (nSPS) is 14.5. The monoisotopic (exact) mass is 732 g/mol. The topological polar surface area (TPSA) is 68.0 Å². The molecular formula is C51H32N4O2. The lowest BCUT2D eigenvalue weighted by Crippen LogP contribution is -2.33. The van der Waals surface area contributed by atoms with Gasteiger partial charge in [-0.05, 0) is 65.2 Å². The van der Waals surface area contributed by atoms with E-state index in [-0.39, 0.29) is 6.17 Å². The van der Waals surface area contributed by atoms with Crippen LogP contribution in [0.2, 0.25) is 0 Å². The van der Waals surface area contributed by atoms with Gasteiger partial charge in [-0.25, -0.2) is 9.98 Å². The predicted octanol–water partition coefficient (Wildman–Crippen LogP) is 12.7. The molecule has 4 heterocycles. The second-order valence-corrected chi connectivity index (χ2v) is 14.5. The molecule has 0 fully saturated rings. The van der Waals surface area contributed by atoms with Gasteiger partial charge in [0.1, 0.15) is 34.3 Å². The Hall–Kier alpha value is -7.70. The second-order valence-electron chi connectivity index (χ2n) is 14.5. The first kappa shape index (κ1) is 31.6. The van der Waals surface area contributed by atoms with Gasteiger partial charge in [0.15, 0.2) is 5.84 Å². The Balaban J connectivity index is 1.06. The van der Waals surface area contributed by atoms with Gasteiger partial charge in [-0.2, -0.15) is 0 Å². The highest BCUT2D eigenvalue weighted by Gasteiger charge is 2.25. The van der Waals surface area contributed by atoms with E-state index in [1.165, 1.54) is 21.8 Å². The van der Waals surface area contributed by atoms with E-state index in [1.807, 2.05) is 42.5 Å². The fourth-order valence-corrected chi connectivity index (χ4v) is 8.75. The SMILES string of the molecule is c1ccc(C2=NC(c3cccc4c3oc3cccc(-c5cccc6oc7ccc(-n8c9ccccc9c9ccccc98)cc7c56)c34)=NC(c3ccccc3)N2)cc1. The van der Waals surface area contributed by atoms with Gasteiger partial charge in [-0.1, -0.05) is 133 Å². The van der Waals surface area contributed by atoms with Crippen LogP contribution in [0.4, 0.5) is 0 Å². The van der Waals surface area contributed by atoms with Crippen LogP contribution >= 0.6 is 0 Å². The molecule has 1 aliphatic rings. The van der Waals surface area contributed by atoms with Crippen molar-refractivity contribution in [3.05, 3.63) is 199 Å². The Morgan fingerprint density at radius 3 is 1.81 bits per heavy atom. The minimum atomic E-state index is -0.316. The number of hydrogen-bond acceptors (Lipinski definition) is 5. The van der Waals surface area contributed by atoms with Gasteiger partial charge in [-0.15, -0.1) is 0 Å². The lowest BCUT2D eigenvalue weighted by Gasteiger charge is -2.23. The molecule has 0 amide bonds. The summed E-state index contributed by atoms with van der Waals surface area (Å²) < 4.78 is 15.7. The molecule has 1 atom stereocenters. The number of amidine groups is 2. The Labute approximate surface area is 326 Å². The molecule has 1 N–H and O–H groups in total. The van der Waals surface area contributed by atoms with Crippen molar-refractivity contribution in [3.63, 3.8) is 0 Å². The van der Waals surface area contributed by atoms with Crippen molar-refractivity contribution in [2.75, 3.05) is 0 Å². The highest BCUT2D eigenvalue weighted by Crippen LogP contribution is 2.44. The van der Waals surface area contributed by atoms with Gasteiger partial charge in [-0.3, -0.25) is 0 Å². The van der Waals surface area contributed by atoms with Crippen LogP contribution in [0.5, 0.6) is 0 Å². The summed E-state index contributed by atoms with van der Waals surface area (Å²) in [5, 5.41) is 10.2. The Morgan fingerprint density at radius 2 is 1.07 bits per heavy atom. The number of aliphatic imine (C=N–C) groups is 2. The zero-order valence-corrected chi connectivity index (χ0v) is 30.6. The maximum Gasteiger partial charge on any atom is 0.163 e. The molecule has 3 aromatic heterocycles. The van der Waals surface area contributed by atoms with Gasteiger partial charge >= 0.3 is 0 Å². The Kier molecular flexibility index (Phi) is 6.89. The van der Waals surface area contributed by atoms with Crippen LogP contribution in [0.25, 0.3) is 82.5 Å². The molecule has 0 bridgehead atoms. The van der Waals surface area contributed by atoms with Crippen LogP contribution in [0, 0.1) is 0 Å². The minimum absolute atomic E-state index is 0.316. The quantitative estimate of drug-likeness (QED) is 0.192. The number of benzene rings is 8. The number of fused-ring (bicyclic) bond motifs is 9. The number of rotatable bonds is 5. The smallest absolute Gasteiger partial charge is 0.163 e. The zero-order chi connectivity index (χ0) is 37.5. The highest BCUT2D eigenvalue weighted by molar-refractivity contribution is 6.23. The number of nitrogens with zero attached hydrogens (tertiary/aromatic N) is 3. The highest BCUT2D eigenvalue weighted by atomic mass is 16.3. The average Bonchev–Trinajstić information content (AvgIpc) is 3.96. The first-order valence-electron chi connectivity index (χ1n) is 19.2. The van der Waals surface area contributed by atoms with Crippen molar-refractivity contribution in [2.24, 2.45) is 9.98 Å². The fraction of sp³-hybridized carbons (Fsp3) is 0.0196. The van der Waals surface area contributed by atoms with E-state index >= 15 is 0 Å². The van der Waals surface area contributed by atoms with Crippen LogP contribution in [-0.4, -0.2) is 16.2 Å². The van der Waals surface area contributed by atoms with Crippen molar-refractivity contribution >= 4 is 77.4 Å². The van der Waals surface area contributed by atoms with E-state index in [9.17, 15) is 0 Å². The molecule has 8 aromatic carbocycles. The molecule has 1 aliphatic heterocycles. The lowest BCUT2D eigenvalue weighted by atomic mass is 9.95. The number of aromatic nitrogens is 1. The molecule has 1 unspecified atom stereocenters. The van der Waals surface area contributed by atoms with Gasteiger partial charge < -0.3 is 18.7 Å². The molecule has 0 saturated carbocycles. The first-order chi connectivity index (χ1) is 28.3. The summed E-state index contributed by atoms with van der Waals surface area (Å²) >= 11 is 0. The van der Waals surface area contributed by atoms with E-state index in [0.717, 1.165) is 83.2 Å². The van der Waals surface area contributed by atoms with Crippen molar-refractivity contribution in [1.29, 1.82) is 0 Å². The van der Waals surface area contributed by atoms with Crippen molar-refractivity contribution < 1.29 is 8.83 Å². The summed E-state index contributed by atoms with van der Waals surface area (Å²) in [5.74, 6) is 1.38. The predicted molar refractivity (Wildman–Crippen MR) is 233 cm³/mol. The van der Waals surface area contributed by atoms with Crippen molar-refractivity contribution in [3.8, 4) is 16.8 Å². The van der Waals surface area contributed by atoms with Crippen LogP contribution in [0.1, 0.15) is 22.9 Å². The molecule has 11 aromatic rings. The van der Waals surface area contributed by atoms with Gasteiger partial charge in [0.25, 0.3) is 0 Å². The van der Waals surface area contributed by atoms with Gasteiger partial charge in [0.2, 0.25) is 0 Å². The van der Waals surface area contributed by atoms with E-state index in [1.54, 1.807) is 0 Å². The molecule has 0 radical (unpaired) electrons. The van der Waals surface area contributed by atoms with Crippen LogP contribution in [-0.2, 0) is 0 Å². The number of hydrogen-bond donors (Lipinski definition) is 1. The van der Waals surface area contributed by atoms with E-state index < -0.39 is 0 Å². The molecule has 12 rings (SSSR count). The first-order valence-corrected chi connectivity index (χ1v) is 19.2. The Bertz CT molecular complexity index is 3390. The third-order valence-corrected chi connectivity index (χ3v) is 11.3. The molecule has 6 nitrogen and oxygen atoms in total. The molecule has 0 spiro atoms. The average molecular weight is 733 g/mol. The number of para-hydroxylation sites is 3. The third-order valence-electron chi connectivity index (χ3n) is 11.3. The minimum Gasteiger partial charge on any atom is -0.456 e. The third kappa shape index (κ3) is 4.90. The van der Waals surface area contributed by atoms with E-state index in [2.05, 4.69) is 149 Å². The maximum absolute atomic E-state index is 6.81. The molecule has 6 heteroatoms. The molecule has 57 heavy (non-hydrogen) atoms. The van der Waals surface area contributed by atoms with Gasteiger partial charge in [0, 0.05) is 43.6 Å². The van der Waals surface area contributed by atoms with Crippen molar-refractivity contribution in [1.82, 2.24) is 9.88 Å². The van der Waals surface area contributed by atoms with Crippen LogP contribution in [0.15, 0.2) is 201 Å². The summed E-state index contributed by atoms with van der Waals surface area (Å²) in [7, 11) is 0. The molecule has 268 valence electrons. The maximum atomic E-state index is 6.81. The second kappa shape index (κ2) is 12.4. The zero-order valence-electron chi connectivity index (χ0n) is 30.6. The number of nitrogens with one attached hydrogen (secondary N) is 1. The van der Waals surface area contributed by atoms with E-state index in [4.69, 9.17) is 18.8 Å². The van der Waals surface area contributed by atoms with Crippen molar-refractivity contribution in [2.45, 2.75) is 6.17 Å². The van der Waals surface area contributed by atoms with Gasteiger partial charge in [0.05, 0.1) is 16.6 Å². The summed E-state index contributed by atoms with van der Waals surface area (Å²) in [6.07, 6.45) is -0.316. The van der Waals surface area contributed by atoms with Crippen LogP contribution < -0.4 is 5.32 Å². The largest absolute Gasteiger partial charge is 0.456 e.